The van der Waals surface area contributed by atoms with E-state index >= 15 is 0 Å². The Balaban J connectivity index is 1.87. The first-order valence-electron chi connectivity index (χ1n) is 11.7. The summed E-state index contributed by atoms with van der Waals surface area (Å²) in [5, 5.41) is 0. The molecule has 3 aliphatic rings. The molecule has 0 amide bonds. The maximum absolute atomic E-state index is 3.35. The van der Waals surface area contributed by atoms with Crippen LogP contribution in [-0.4, -0.2) is 21.6 Å². The summed E-state index contributed by atoms with van der Waals surface area (Å²) in [5.74, 6) is 0. The predicted molar refractivity (Wildman–Crippen MR) is 139 cm³/mol. The molecule has 1 aliphatic heterocycles. The summed E-state index contributed by atoms with van der Waals surface area (Å²) in [6.45, 7) is 14.5. The van der Waals surface area contributed by atoms with Gasteiger partial charge in [0.05, 0.1) is 0 Å². The minimum atomic E-state index is -3.35. The van der Waals surface area contributed by atoms with Crippen molar-refractivity contribution in [3.8, 4) is 0 Å². The molecule has 2 atom stereocenters. The molecule has 30 heavy (non-hydrogen) atoms. The Morgan fingerprint density at radius 2 is 1.00 bits per heavy atom. The van der Waals surface area contributed by atoms with Crippen LogP contribution in [-0.2, 0) is 17.1 Å². The quantitative estimate of drug-likeness (QED) is 0.390. The summed E-state index contributed by atoms with van der Waals surface area (Å²) in [6, 6.07) is 9.56. The van der Waals surface area contributed by atoms with Crippen LogP contribution in [0.5, 0.6) is 0 Å². The Morgan fingerprint density at radius 3 is 1.37 bits per heavy atom. The van der Waals surface area contributed by atoms with Crippen molar-refractivity contribution in [2.45, 2.75) is 58.3 Å². The second kappa shape index (κ2) is 6.72. The zero-order chi connectivity index (χ0) is 21.6. The third-order valence-electron chi connectivity index (χ3n) is 9.07. The van der Waals surface area contributed by atoms with Crippen LogP contribution in [0.4, 0.5) is 0 Å². The van der Waals surface area contributed by atoms with E-state index in [4.69, 9.17) is 0 Å². The number of hydrogen-bond acceptors (Lipinski definition) is 0. The van der Waals surface area contributed by atoms with E-state index in [2.05, 4.69) is 87.3 Å². The van der Waals surface area contributed by atoms with Crippen LogP contribution in [0.3, 0.4) is 0 Å². The van der Waals surface area contributed by atoms with E-state index in [0.29, 0.717) is 17.1 Å². The average molecular weight is 611 g/mol. The molecule has 0 saturated carbocycles. The molecule has 2 aromatic rings. The van der Waals surface area contributed by atoms with Crippen molar-refractivity contribution < 1.29 is 17.1 Å². The molecule has 1 saturated heterocycles. The van der Waals surface area contributed by atoms with E-state index in [1.54, 1.807) is 44.5 Å². The summed E-state index contributed by atoms with van der Waals surface area (Å²) < 4.78 is 7.58. The van der Waals surface area contributed by atoms with Gasteiger partial charge in [-0.25, -0.2) is 0 Å². The van der Waals surface area contributed by atoms with Gasteiger partial charge in [-0.05, 0) is 0 Å². The second-order valence-corrected chi connectivity index (χ2v) is 92.4. The Kier molecular flexibility index (Phi) is 4.77. The van der Waals surface area contributed by atoms with Gasteiger partial charge in [0.1, 0.15) is 0 Å². The van der Waals surface area contributed by atoms with Crippen molar-refractivity contribution in [1.82, 2.24) is 0 Å². The van der Waals surface area contributed by atoms with E-state index in [-0.39, 0.29) is 4.53 Å². The van der Waals surface area contributed by atoms with Gasteiger partial charge in [-0.1, -0.05) is 0 Å². The first-order valence-corrected chi connectivity index (χ1v) is 38.5. The number of hydrogen-bond donors (Lipinski definition) is 0. The van der Waals surface area contributed by atoms with Crippen molar-refractivity contribution in [2.75, 3.05) is 0 Å². The molecule has 156 valence electrons. The number of aryl methyl sites for hydroxylation is 4. The maximum atomic E-state index is 2.98. The van der Waals surface area contributed by atoms with Gasteiger partial charge in [-0.3, -0.25) is 0 Å². The van der Waals surface area contributed by atoms with E-state index < -0.39 is 17.1 Å². The van der Waals surface area contributed by atoms with Crippen LogP contribution in [0.2, 0.25) is 9.36 Å². The normalized spacial score (nSPS) is 24.2. The Hall–Kier alpha value is -0.559. The molecule has 4 heteroatoms. The molecule has 0 nitrogen and oxygen atoms in total. The van der Waals surface area contributed by atoms with E-state index in [1.807, 2.05) is 0 Å². The third kappa shape index (κ3) is 2.69. The van der Waals surface area contributed by atoms with E-state index in [9.17, 15) is 0 Å². The Labute approximate surface area is 187 Å². The number of allylic oxidation sites excluding steroid dienone is 2. The molecule has 0 aromatic heterocycles. The average Bonchev–Trinajstić information content (AvgIpc) is 3.39. The number of rotatable bonds is 2. The van der Waals surface area contributed by atoms with Crippen molar-refractivity contribution in [3.05, 3.63) is 79.9 Å². The van der Waals surface area contributed by atoms with Crippen molar-refractivity contribution in [2.24, 2.45) is 0 Å². The first kappa shape index (κ1) is 21.3. The molecule has 1 fully saturated rings. The van der Waals surface area contributed by atoms with E-state index in [0.717, 1.165) is 7.35 Å². The van der Waals surface area contributed by atoms with Gasteiger partial charge in [-0.2, -0.15) is 0 Å². The zero-order valence-electron chi connectivity index (χ0n) is 20.0. The molecule has 0 radical (unpaired) electrons. The molecule has 0 spiro atoms. The second-order valence-electron chi connectivity index (χ2n) is 11.4. The van der Waals surface area contributed by atoms with Crippen molar-refractivity contribution in [1.29, 1.82) is 0 Å². The van der Waals surface area contributed by atoms with Crippen molar-refractivity contribution in [3.63, 3.8) is 0 Å². The summed E-state index contributed by atoms with van der Waals surface area (Å²) in [6.07, 6.45) is 5.22. The standard InChI is InChI=1S/2C12H13.2CH3.Hf.H4Si3/c2*1-8-6-11-9(2)4-5-10(3)12(11)7-8;;;;1-2-3-1/h2*4-7H,1-3H3;2*1H3;;1-2H2. The predicted octanol–water partition coefficient (Wildman–Crippen LogP) is 5.57. The van der Waals surface area contributed by atoms with Crippen LogP contribution in [0.15, 0.2) is 35.4 Å². The fourth-order valence-electron chi connectivity index (χ4n) is 7.65. The van der Waals surface area contributed by atoms with Gasteiger partial charge < -0.3 is 0 Å². The Morgan fingerprint density at radius 1 is 0.633 bits per heavy atom. The fourth-order valence-corrected chi connectivity index (χ4v) is 279. The molecular formula is C26H36HfSi3. The van der Waals surface area contributed by atoms with Crippen molar-refractivity contribution >= 4 is 33.8 Å². The summed E-state index contributed by atoms with van der Waals surface area (Å²) in [7, 11) is 0.693. The van der Waals surface area contributed by atoms with Gasteiger partial charge in [-0.15, -0.1) is 0 Å². The van der Waals surface area contributed by atoms with Gasteiger partial charge in [0.15, 0.2) is 0 Å². The molecule has 2 aliphatic carbocycles. The molecule has 2 unspecified atom stereocenters. The van der Waals surface area contributed by atoms with Crippen LogP contribution >= 0.6 is 0 Å². The third-order valence-corrected chi connectivity index (χ3v) is 174. The van der Waals surface area contributed by atoms with E-state index in [1.165, 1.54) is 11.1 Å². The monoisotopic (exact) mass is 612 g/mol. The summed E-state index contributed by atoms with van der Waals surface area (Å²) >= 11 is -3.35. The summed E-state index contributed by atoms with van der Waals surface area (Å²) in [5.41, 5.74) is 16.3. The molecule has 0 N–H and O–H groups in total. The first-order chi connectivity index (χ1) is 14.0. The van der Waals surface area contributed by atoms with Gasteiger partial charge in [0, 0.05) is 0 Å². The molecular weight excluding hydrogens is 575 g/mol. The molecule has 5 rings (SSSR count). The van der Waals surface area contributed by atoms with Crippen LogP contribution in [0.25, 0.3) is 12.2 Å². The molecule has 2 aromatic carbocycles. The number of benzene rings is 2. The van der Waals surface area contributed by atoms with Crippen LogP contribution < -0.4 is 0 Å². The zero-order valence-corrected chi connectivity index (χ0v) is 27.5. The summed E-state index contributed by atoms with van der Waals surface area (Å²) in [4.78, 5) is 0. The van der Waals surface area contributed by atoms with Gasteiger partial charge in [0.2, 0.25) is 0 Å². The van der Waals surface area contributed by atoms with Crippen LogP contribution in [0, 0.1) is 27.7 Å². The Bertz CT molecular complexity index is 1180. The molecule has 0 bridgehead atoms. The van der Waals surface area contributed by atoms with Gasteiger partial charge in [0.25, 0.3) is 0 Å². The molecule has 1 heterocycles. The SMILES string of the molecule is CC1=Cc2c(C)ccc(C)c2[CH]1[Hf]([CH3])([CH3])([CH]1C(C)=Cc2c(C)ccc(C)c21)=[Si]1[SiH2][SiH2]1. The fraction of sp³-hybridized carbons (Fsp3) is 0.385. The topological polar surface area (TPSA) is 0 Å². The van der Waals surface area contributed by atoms with Crippen LogP contribution in [0.1, 0.15) is 65.7 Å². The minimum absolute atomic E-state index is 0.0230. The number of fused-ring (bicyclic) bond motifs is 2. The van der Waals surface area contributed by atoms with Gasteiger partial charge >= 0.3 is 189 Å².